The number of amides is 2. The Morgan fingerprint density at radius 3 is 2.48 bits per heavy atom. The first-order valence-electron chi connectivity index (χ1n) is 9.63. The molecule has 0 saturated carbocycles. The van der Waals surface area contributed by atoms with Gasteiger partial charge in [0.05, 0.1) is 11.4 Å². The van der Waals surface area contributed by atoms with Crippen molar-refractivity contribution in [2.75, 3.05) is 10.6 Å². The maximum absolute atomic E-state index is 13.7. The lowest BCUT2D eigenvalue weighted by atomic mass is 9.99. The van der Waals surface area contributed by atoms with E-state index in [1.165, 1.54) is 6.07 Å². The van der Waals surface area contributed by atoms with Crippen LogP contribution in [0.1, 0.15) is 49.6 Å². The van der Waals surface area contributed by atoms with E-state index in [2.05, 4.69) is 15.6 Å². The summed E-state index contributed by atoms with van der Waals surface area (Å²) in [6.45, 7) is 8.47. The number of hydrogen-bond acceptors (Lipinski definition) is 5. The minimum absolute atomic E-state index is 0.00925. The summed E-state index contributed by atoms with van der Waals surface area (Å²) in [5, 5.41) is 14.2. The average Bonchev–Trinajstić information content (AvgIpc) is 2.62. The highest BCUT2D eigenvalue weighted by Crippen LogP contribution is 2.24. The smallest absolute Gasteiger partial charge is 0.412 e. The fraction of sp³-hybridized carbons (Fsp3) is 0.364. The molecule has 1 aromatic heterocycles. The van der Waals surface area contributed by atoms with Gasteiger partial charge in [-0.1, -0.05) is 0 Å². The van der Waals surface area contributed by atoms with E-state index in [1.54, 1.807) is 34.6 Å². The summed E-state index contributed by atoms with van der Waals surface area (Å²) in [6.07, 6.45) is -0.460. The number of benzene rings is 1. The van der Waals surface area contributed by atoms with Crippen LogP contribution in [-0.2, 0) is 16.0 Å². The minimum Gasteiger partial charge on any atom is -0.444 e. The standard InChI is InChI=1S/C22H25FN4O4/c1-12-15(13(2)25-20(29)16(12)11-24)7-9-19(28)26-18-10-14(23)6-8-17(18)27-21(30)31-22(3,4)5/h6,8,10H,7,9H2,1-5H3,(H,25,29)(H,26,28)(H,27,30). The van der Waals surface area contributed by atoms with Gasteiger partial charge in [-0.2, -0.15) is 5.26 Å². The van der Waals surface area contributed by atoms with E-state index in [-0.39, 0.29) is 29.8 Å². The first-order chi connectivity index (χ1) is 14.4. The molecule has 1 heterocycles. The molecule has 2 aromatic rings. The number of H-pyrrole nitrogens is 1. The predicted molar refractivity (Wildman–Crippen MR) is 114 cm³/mol. The number of pyridine rings is 1. The zero-order chi connectivity index (χ0) is 23.3. The highest BCUT2D eigenvalue weighted by molar-refractivity contribution is 5.97. The van der Waals surface area contributed by atoms with Gasteiger partial charge in [-0.15, -0.1) is 0 Å². The molecule has 0 unspecified atom stereocenters. The van der Waals surface area contributed by atoms with Crippen molar-refractivity contribution in [2.45, 2.75) is 53.1 Å². The number of aryl methyl sites for hydroxylation is 1. The van der Waals surface area contributed by atoms with Crippen molar-refractivity contribution in [3.05, 3.63) is 56.8 Å². The average molecular weight is 428 g/mol. The van der Waals surface area contributed by atoms with E-state index in [1.807, 2.05) is 6.07 Å². The Hall–Kier alpha value is -3.67. The highest BCUT2D eigenvalue weighted by Gasteiger charge is 2.19. The van der Waals surface area contributed by atoms with Crippen molar-refractivity contribution in [1.29, 1.82) is 5.26 Å². The Balaban J connectivity index is 2.15. The van der Waals surface area contributed by atoms with E-state index in [9.17, 15) is 18.8 Å². The van der Waals surface area contributed by atoms with E-state index in [4.69, 9.17) is 10.00 Å². The second-order valence-electron chi connectivity index (χ2n) is 8.03. The van der Waals surface area contributed by atoms with Crippen LogP contribution < -0.4 is 16.2 Å². The summed E-state index contributed by atoms with van der Waals surface area (Å²) in [4.78, 5) is 39.0. The number of carbonyl (C=O) groups is 2. The zero-order valence-corrected chi connectivity index (χ0v) is 18.1. The molecule has 0 spiro atoms. The van der Waals surface area contributed by atoms with E-state index < -0.39 is 29.0 Å². The Labute approximate surface area is 179 Å². The number of nitrogens with one attached hydrogen (secondary N) is 3. The number of nitrogens with zero attached hydrogens (tertiary/aromatic N) is 1. The van der Waals surface area contributed by atoms with Gasteiger partial charge in [0.1, 0.15) is 23.1 Å². The lowest BCUT2D eigenvalue weighted by Gasteiger charge is -2.20. The van der Waals surface area contributed by atoms with E-state index >= 15 is 0 Å². The lowest BCUT2D eigenvalue weighted by Crippen LogP contribution is -2.27. The fourth-order valence-corrected chi connectivity index (χ4v) is 3.01. The molecule has 8 nitrogen and oxygen atoms in total. The van der Waals surface area contributed by atoms with Gasteiger partial charge in [0.15, 0.2) is 0 Å². The van der Waals surface area contributed by atoms with Crippen LogP contribution in [0.2, 0.25) is 0 Å². The summed E-state index contributed by atoms with van der Waals surface area (Å²) >= 11 is 0. The van der Waals surface area contributed by atoms with Gasteiger partial charge < -0.3 is 15.0 Å². The normalized spacial score (nSPS) is 10.9. The zero-order valence-electron chi connectivity index (χ0n) is 18.1. The maximum atomic E-state index is 13.7. The summed E-state index contributed by atoms with van der Waals surface area (Å²) in [7, 11) is 0. The van der Waals surface area contributed by atoms with Crippen LogP contribution in [0.4, 0.5) is 20.6 Å². The first kappa shape index (κ1) is 23.6. The highest BCUT2D eigenvalue weighted by atomic mass is 19.1. The Kier molecular flexibility index (Phi) is 7.18. The Morgan fingerprint density at radius 2 is 1.87 bits per heavy atom. The van der Waals surface area contributed by atoms with Crippen molar-refractivity contribution in [3.8, 4) is 6.07 Å². The van der Waals surface area contributed by atoms with Gasteiger partial charge >= 0.3 is 6.09 Å². The number of rotatable bonds is 5. The predicted octanol–water partition coefficient (Wildman–Crippen LogP) is 3.92. The molecule has 0 aliphatic carbocycles. The molecule has 164 valence electrons. The molecule has 2 amide bonds. The largest absolute Gasteiger partial charge is 0.444 e. The summed E-state index contributed by atoms with van der Waals surface area (Å²) in [5.74, 6) is -1.02. The van der Waals surface area contributed by atoms with Crippen molar-refractivity contribution in [3.63, 3.8) is 0 Å². The van der Waals surface area contributed by atoms with Gasteiger partial charge in [-0.3, -0.25) is 14.9 Å². The van der Waals surface area contributed by atoms with Gasteiger partial charge in [-0.05, 0) is 70.4 Å². The molecular weight excluding hydrogens is 403 g/mol. The van der Waals surface area contributed by atoms with Gasteiger partial charge in [0.2, 0.25) is 5.91 Å². The number of ether oxygens (including phenoxy) is 1. The first-order valence-corrected chi connectivity index (χ1v) is 9.63. The van der Waals surface area contributed by atoms with Gasteiger partial charge in [0.25, 0.3) is 5.56 Å². The van der Waals surface area contributed by atoms with E-state index in [0.717, 1.165) is 12.1 Å². The molecule has 1 aromatic carbocycles. The summed E-state index contributed by atoms with van der Waals surface area (Å²) < 4.78 is 18.9. The number of carbonyl (C=O) groups excluding carboxylic acids is 2. The molecule has 0 radical (unpaired) electrons. The molecule has 0 aliphatic rings. The van der Waals surface area contributed by atoms with Crippen LogP contribution in [-0.4, -0.2) is 22.6 Å². The number of anilines is 2. The monoisotopic (exact) mass is 428 g/mol. The van der Waals surface area contributed by atoms with Crippen LogP contribution in [0.5, 0.6) is 0 Å². The molecule has 3 N–H and O–H groups in total. The lowest BCUT2D eigenvalue weighted by molar-refractivity contribution is -0.116. The van der Waals surface area contributed by atoms with E-state index in [0.29, 0.717) is 16.8 Å². The third-order valence-electron chi connectivity index (χ3n) is 4.41. The minimum atomic E-state index is -0.738. The molecule has 0 saturated heterocycles. The molecule has 31 heavy (non-hydrogen) atoms. The van der Waals surface area contributed by atoms with Crippen LogP contribution in [0.15, 0.2) is 23.0 Å². The van der Waals surface area contributed by atoms with Crippen LogP contribution in [0.25, 0.3) is 0 Å². The summed E-state index contributed by atoms with van der Waals surface area (Å²) in [6, 6.07) is 5.44. The van der Waals surface area contributed by atoms with Gasteiger partial charge in [-0.25, -0.2) is 9.18 Å². The van der Waals surface area contributed by atoms with Gasteiger partial charge in [0, 0.05) is 12.1 Å². The quantitative estimate of drug-likeness (QED) is 0.666. The van der Waals surface area contributed by atoms with Crippen molar-refractivity contribution in [2.24, 2.45) is 0 Å². The molecule has 0 aliphatic heterocycles. The molecule has 0 atom stereocenters. The van der Waals surface area contributed by atoms with Crippen LogP contribution in [0, 0.1) is 31.0 Å². The van der Waals surface area contributed by atoms with Crippen molar-refractivity contribution in [1.82, 2.24) is 4.98 Å². The topological polar surface area (TPSA) is 124 Å². The molecule has 0 fully saturated rings. The molecule has 9 heteroatoms. The second-order valence-corrected chi connectivity index (χ2v) is 8.03. The number of nitriles is 1. The molecular formula is C22H25FN4O4. The number of aromatic nitrogens is 1. The number of aromatic amines is 1. The third kappa shape index (κ3) is 6.40. The SMILES string of the molecule is Cc1[nH]c(=O)c(C#N)c(C)c1CCC(=O)Nc1cc(F)ccc1NC(=O)OC(C)(C)C. The Morgan fingerprint density at radius 1 is 1.19 bits per heavy atom. The summed E-state index contributed by atoms with van der Waals surface area (Å²) in [5.41, 5.74) is 0.885. The van der Waals surface area contributed by atoms with Crippen LogP contribution in [0.3, 0.4) is 0 Å². The van der Waals surface area contributed by atoms with Crippen molar-refractivity contribution >= 4 is 23.4 Å². The van der Waals surface area contributed by atoms with Crippen LogP contribution >= 0.6 is 0 Å². The second kappa shape index (κ2) is 9.43. The maximum Gasteiger partial charge on any atom is 0.412 e. The third-order valence-corrected chi connectivity index (χ3v) is 4.41. The molecule has 0 bridgehead atoms. The number of hydrogen-bond donors (Lipinski definition) is 3. The molecule has 2 rings (SSSR count). The fourth-order valence-electron chi connectivity index (χ4n) is 3.01. The number of halogens is 1. The van der Waals surface area contributed by atoms with Crippen molar-refractivity contribution < 1.29 is 18.7 Å². The Bertz CT molecular complexity index is 1110.